The number of aryl methyl sites for hydroxylation is 1. The molecule has 1 aromatic carbocycles. The van der Waals surface area contributed by atoms with E-state index in [4.69, 9.17) is 5.73 Å². The number of nitrogen functional groups attached to an aromatic ring is 1. The molecule has 2 rings (SSSR count). The highest BCUT2D eigenvalue weighted by molar-refractivity contribution is 5.91. The summed E-state index contributed by atoms with van der Waals surface area (Å²) in [6.07, 6.45) is 6.94. The molecule has 0 unspecified atom stereocenters. The van der Waals surface area contributed by atoms with Gasteiger partial charge in [0.25, 0.3) is 0 Å². The Morgan fingerprint density at radius 3 is 2.72 bits per heavy atom. The predicted octanol–water partition coefficient (Wildman–Crippen LogP) is 3.49. The van der Waals surface area contributed by atoms with Crippen molar-refractivity contribution in [2.75, 3.05) is 11.1 Å². The molecule has 3 N–H and O–H groups in total. The number of amides is 1. The Morgan fingerprint density at radius 2 is 2.06 bits per heavy atom. The first-order valence-electron chi connectivity index (χ1n) is 6.81. The second-order valence-electron chi connectivity index (χ2n) is 5.33. The summed E-state index contributed by atoms with van der Waals surface area (Å²) in [5.41, 5.74) is 8.33. The fraction of sp³-hybridized carbons (Fsp3) is 0.533. The maximum Gasteiger partial charge on any atom is 0.224 e. The molecule has 1 fully saturated rings. The van der Waals surface area contributed by atoms with Crippen molar-refractivity contribution < 1.29 is 4.79 Å². The molecular formula is C15H22N2O. The zero-order valence-electron chi connectivity index (χ0n) is 11.0. The molecule has 1 saturated carbocycles. The lowest BCUT2D eigenvalue weighted by atomic mass is 9.87. The number of hydrogen-bond donors (Lipinski definition) is 2. The lowest BCUT2D eigenvalue weighted by Gasteiger charge is -2.21. The zero-order valence-corrected chi connectivity index (χ0v) is 11.0. The van der Waals surface area contributed by atoms with Crippen LogP contribution in [0, 0.1) is 12.8 Å². The minimum absolute atomic E-state index is 0.134. The molecule has 98 valence electrons. The van der Waals surface area contributed by atoms with Gasteiger partial charge in [0.1, 0.15) is 0 Å². The van der Waals surface area contributed by atoms with Crippen LogP contribution in [-0.2, 0) is 4.79 Å². The maximum atomic E-state index is 12.0. The Bertz CT molecular complexity index is 423. The van der Waals surface area contributed by atoms with Crippen LogP contribution in [0.1, 0.15) is 44.1 Å². The van der Waals surface area contributed by atoms with E-state index in [9.17, 15) is 4.79 Å². The van der Waals surface area contributed by atoms with Gasteiger partial charge in [-0.15, -0.1) is 0 Å². The van der Waals surface area contributed by atoms with Crippen LogP contribution >= 0.6 is 0 Å². The summed E-state index contributed by atoms with van der Waals surface area (Å²) in [6.45, 7) is 1.96. The SMILES string of the molecule is Cc1cc(N)ccc1NC(=O)CC1CCCCC1. The third-order valence-corrected chi connectivity index (χ3v) is 3.72. The van der Waals surface area contributed by atoms with E-state index in [-0.39, 0.29) is 5.91 Å². The molecule has 0 aromatic heterocycles. The normalized spacial score (nSPS) is 16.5. The standard InChI is InChI=1S/C15H22N2O/c1-11-9-13(16)7-8-14(11)17-15(18)10-12-5-3-2-4-6-12/h7-9,12H,2-6,10,16H2,1H3,(H,17,18). The van der Waals surface area contributed by atoms with E-state index in [0.717, 1.165) is 16.9 Å². The molecule has 0 spiro atoms. The largest absolute Gasteiger partial charge is 0.399 e. The number of carbonyl (C=O) groups excluding carboxylic acids is 1. The molecule has 1 aromatic rings. The summed E-state index contributed by atoms with van der Waals surface area (Å²) < 4.78 is 0. The molecule has 0 bridgehead atoms. The third kappa shape index (κ3) is 3.49. The zero-order chi connectivity index (χ0) is 13.0. The average molecular weight is 246 g/mol. The first kappa shape index (κ1) is 12.9. The summed E-state index contributed by atoms with van der Waals surface area (Å²) in [6, 6.07) is 5.59. The number of benzene rings is 1. The van der Waals surface area contributed by atoms with Gasteiger partial charge in [0.05, 0.1) is 0 Å². The minimum atomic E-state index is 0.134. The van der Waals surface area contributed by atoms with Gasteiger partial charge in [0.15, 0.2) is 0 Å². The molecule has 0 aliphatic heterocycles. The van der Waals surface area contributed by atoms with Crippen LogP contribution in [0.25, 0.3) is 0 Å². The lowest BCUT2D eigenvalue weighted by molar-refractivity contribution is -0.117. The topological polar surface area (TPSA) is 55.1 Å². The Hall–Kier alpha value is -1.51. The van der Waals surface area contributed by atoms with Gasteiger partial charge >= 0.3 is 0 Å². The second kappa shape index (κ2) is 5.89. The summed E-state index contributed by atoms with van der Waals surface area (Å²) in [4.78, 5) is 12.0. The number of nitrogens with two attached hydrogens (primary N) is 1. The van der Waals surface area contributed by atoms with E-state index < -0.39 is 0 Å². The van der Waals surface area contributed by atoms with Crippen LogP contribution in [0.3, 0.4) is 0 Å². The van der Waals surface area contributed by atoms with E-state index in [1.165, 1.54) is 32.1 Å². The van der Waals surface area contributed by atoms with Crippen molar-refractivity contribution in [3.05, 3.63) is 23.8 Å². The van der Waals surface area contributed by atoms with Gasteiger partial charge in [-0.2, -0.15) is 0 Å². The van der Waals surface area contributed by atoms with Gasteiger partial charge in [-0.05, 0) is 49.4 Å². The average Bonchev–Trinajstić information content (AvgIpc) is 2.34. The second-order valence-corrected chi connectivity index (χ2v) is 5.33. The van der Waals surface area contributed by atoms with E-state index in [0.29, 0.717) is 12.3 Å². The quantitative estimate of drug-likeness (QED) is 0.802. The van der Waals surface area contributed by atoms with Crippen LogP contribution < -0.4 is 11.1 Å². The highest BCUT2D eigenvalue weighted by atomic mass is 16.1. The molecule has 0 atom stereocenters. The van der Waals surface area contributed by atoms with Crippen molar-refractivity contribution in [1.82, 2.24) is 0 Å². The molecule has 1 aliphatic rings. The Labute approximate surface area is 109 Å². The van der Waals surface area contributed by atoms with Gasteiger partial charge in [-0.3, -0.25) is 4.79 Å². The summed E-state index contributed by atoms with van der Waals surface area (Å²) in [7, 11) is 0. The fourth-order valence-corrected chi connectivity index (χ4v) is 2.68. The van der Waals surface area contributed by atoms with E-state index in [1.807, 2.05) is 25.1 Å². The maximum absolute atomic E-state index is 12.0. The van der Waals surface area contributed by atoms with Gasteiger partial charge in [-0.25, -0.2) is 0 Å². The van der Waals surface area contributed by atoms with Gasteiger partial charge < -0.3 is 11.1 Å². The number of hydrogen-bond acceptors (Lipinski definition) is 2. The molecule has 3 nitrogen and oxygen atoms in total. The Balaban J connectivity index is 1.90. The monoisotopic (exact) mass is 246 g/mol. The summed E-state index contributed by atoms with van der Waals surface area (Å²) in [5, 5.41) is 2.99. The van der Waals surface area contributed by atoms with Crippen LogP contribution in [-0.4, -0.2) is 5.91 Å². The Kier molecular flexibility index (Phi) is 4.24. The van der Waals surface area contributed by atoms with Crippen LogP contribution in [0.2, 0.25) is 0 Å². The first-order chi connectivity index (χ1) is 8.65. The third-order valence-electron chi connectivity index (χ3n) is 3.72. The summed E-state index contributed by atoms with van der Waals surface area (Å²) >= 11 is 0. The van der Waals surface area contributed by atoms with Gasteiger partial charge in [-0.1, -0.05) is 19.3 Å². The molecular weight excluding hydrogens is 224 g/mol. The summed E-state index contributed by atoms with van der Waals surface area (Å²) in [5.74, 6) is 0.711. The number of nitrogens with one attached hydrogen (secondary N) is 1. The van der Waals surface area contributed by atoms with Crippen molar-refractivity contribution in [3.8, 4) is 0 Å². The molecule has 0 saturated heterocycles. The molecule has 0 heterocycles. The molecule has 3 heteroatoms. The fourth-order valence-electron chi connectivity index (χ4n) is 2.68. The van der Waals surface area contributed by atoms with Gasteiger partial charge in [0.2, 0.25) is 5.91 Å². The van der Waals surface area contributed by atoms with E-state index in [2.05, 4.69) is 5.32 Å². The predicted molar refractivity (Wildman–Crippen MR) is 75.4 cm³/mol. The van der Waals surface area contributed by atoms with E-state index in [1.54, 1.807) is 0 Å². The molecule has 1 aliphatic carbocycles. The van der Waals surface area contributed by atoms with E-state index >= 15 is 0 Å². The molecule has 1 amide bonds. The van der Waals surface area contributed by atoms with Crippen LogP contribution in [0.15, 0.2) is 18.2 Å². The number of rotatable bonds is 3. The van der Waals surface area contributed by atoms with Crippen molar-refractivity contribution in [3.63, 3.8) is 0 Å². The van der Waals surface area contributed by atoms with Crippen molar-refractivity contribution >= 4 is 17.3 Å². The van der Waals surface area contributed by atoms with Crippen molar-refractivity contribution in [2.45, 2.75) is 45.4 Å². The number of carbonyl (C=O) groups is 1. The first-order valence-corrected chi connectivity index (χ1v) is 6.81. The highest BCUT2D eigenvalue weighted by Crippen LogP contribution is 2.27. The number of anilines is 2. The molecule has 0 radical (unpaired) electrons. The van der Waals surface area contributed by atoms with Crippen molar-refractivity contribution in [2.24, 2.45) is 5.92 Å². The van der Waals surface area contributed by atoms with Crippen LogP contribution in [0.5, 0.6) is 0 Å². The minimum Gasteiger partial charge on any atom is -0.399 e. The van der Waals surface area contributed by atoms with Crippen LogP contribution in [0.4, 0.5) is 11.4 Å². The highest BCUT2D eigenvalue weighted by Gasteiger charge is 2.17. The smallest absolute Gasteiger partial charge is 0.224 e. The lowest BCUT2D eigenvalue weighted by Crippen LogP contribution is -2.18. The van der Waals surface area contributed by atoms with Crippen molar-refractivity contribution in [1.29, 1.82) is 0 Å². The molecule has 18 heavy (non-hydrogen) atoms. The Morgan fingerprint density at radius 1 is 1.33 bits per heavy atom. The van der Waals surface area contributed by atoms with Gasteiger partial charge in [0, 0.05) is 17.8 Å².